The summed E-state index contributed by atoms with van der Waals surface area (Å²) in [6.45, 7) is 15.5. The quantitative estimate of drug-likeness (QED) is 0.292. The van der Waals surface area contributed by atoms with Crippen LogP contribution in [0.15, 0.2) is 34.9 Å². The number of rotatable bonds is 12. The van der Waals surface area contributed by atoms with E-state index in [4.69, 9.17) is 4.43 Å². The van der Waals surface area contributed by atoms with E-state index in [-0.39, 0.29) is 5.78 Å². The van der Waals surface area contributed by atoms with Gasteiger partial charge >= 0.3 is 0 Å². The lowest BCUT2D eigenvalue weighted by atomic mass is 10.0. The second kappa shape index (κ2) is 12.4. The van der Waals surface area contributed by atoms with Crippen LogP contribution in [0.25, 0.3) is 0 Å². The molecule has 0 saturated heterocycles. The molecule has 2 nitrogen and oxygen atoms in total. The smallest absolute Gasteiger partial charge is 0.184 e. The highest BCUT2D eigenvalue weighted by molar-refractivity contribution is 6.69. The van der Waals surface area contributed by atoms with Crippen molar-refractivity contribution in [3.8, 4) is 0 Å². The highest BCUT2D eigenvalue weighted by Gasteiger charge is 2.14. The molecule has 0 rings (SSSR count). The Morgan fingerprint density at radius 2 is 1.42 bits per heavy atom. The summed E-state index contributed by atoms with van der Waals surface area (Å²) >= 11 is 0. The van der Waals surface area contributed by atoms with Gasteiger partial charge in [-0.25, -0.2) is 0 Å². The van der Waals surface area contributed by atoms with E-state index in [9.17, 15) is 4.79 Å². The van der Waals surface area contributed by atoms with Crippen LogP contribution in [0.2, 0.25) is 19.6 Å². The molecule has 0 bridgehead atoms. The maximum absolute atomic E-state index is 11.1. The SMILES string of the molecule is CC(=O)CC/C=C(/CC/C=C(\C)CCC=C(C)C)CO[Si](C)(C)C. The lowest BCUT2D eigenvalue weighted by Crippen LogP contribution is -2.26. The molecule has 0 aliphatic rings. The molecular weight excluding hydrogens is 312 g/mol. The van der Waals surface area contributed by atoms with Crippen molar-refractivity contribution >= 4 is 14.1 Å². The van der Waals surface area contributed by atoms with Gasteiger partial charge in [0, 0.05) is 6.42 Å². The Hall–Kier alpha value is -0.933. The Balaban J connectivity index is 4.47. The average molecular weight is 351 g/mol. The van der Waals surface area contributed by atoms with Crippen LogP contribution in [-0.4, -0.2) is 20.7 Å². The molecule has 0 atom stereocenters. The fourth-order valence-corrected chi connectivity index (χ4v) is 2.83. The van der Waals surface area contributed by atoms with Crippen molar-refractivity contribution in [2.75, 3.05) is 6.61 Å². The molecule has 0 amide bonds. The van der Waals surface area contributed by atoms with Crippen LogP contribution in [0.4, 0.5) is 0 Å². The maximum Gasteiger partial charge on any atom is 0.184 e. The molecule has 0 radical (unpaired) electrons. The highest BCUT2D eigenvalue weighted by Crippen LogP contribution is 2.15. The van der Waals surface area contributed by atoms with Crippen LogP contribution in [0.3, 0.4) is 0 Å². The second-order valence-electron chi connectivity index (χ2n) is 7.91. The summed E-state index contributed by atoms with van der Waals surface area (Å²) in [4.78, 5) is 11.1. The zero-order chi connectivity index (χ0) is 18.6. The Morgan fingerprint density at radius 1 is 0.833 bits per heavy atom. The molecular formula is C21H38O2Si. The van der Waals surface area contributed by atoms with Gasteiger partial charge in [0.25, 0.3) is 0 Å². The first-order valence-corrected chi connectivity index (χ1v) is 12.6. The Bertz CT molecular complexity index is 461. The standard InChI is InChI=1S/C21H38O2Si/c1-18(2)11-8-12-19(3)13-9-15-21(16-10-14-20(4)22)17-23-24(5,6)7/h11,13,16H,8-10,12,14-15,17H2,1-7H3/b19-13+,21-16-. The molecule has 3 heteroatoms. The molecule has 0 N–H and O–H groups in total. The van der Waals surface area contributed by atoms with Gasteiger partial charge in [0.05, 0.1) is 6.61 Å². The van der Waals surface area contributed by atoms with Gasteiger partial charge in [-0.1, -0.05) is 29.4 Å². The molecule has 0 unspecified atom stereocenters. The van der Waals surface area contributed by atoms with Crippen molar-refractivity contribution in [2.45, 2.75) is 85.9 Å². The van der Waals surface area contributed by atoms with Gasteiger partial charge < -0.3 is 9.22 Å². The number of carbonyl (C=O) groups excluding carboxylic acids is 1. The molecule has 0 fully saturated rings. The van der Waals surface area contributed by atoms with Crippen LogP contribution in [-0.2, 0) is 9.22 Å². The Morgan fingerprint density at radius 3 is 1.96 bits per heavy atom. The van der Waals surface area contributed by atoms with E-state index in [0.717, 1.165) is 38.7 Å². The number of hydrogen-bond acceptors (Lipinski definition) is 2. The van der Waals surface area contributed by atoms with Gasteiger partial charge in [-0.05, 0) is 85.0 Å². The zero-order valence-electron chi connectivity index (χ0n) is 17.0. The summed E-state index contributed by atoms with van der Waals surface area (Å²) in [5, 5.41) is 0. The molecule has 138 valence electrons. The Kier molecular flexibility index (Phi) is 11.9. The maximum atomic E-state index is 11.1. The van der Waals surface area contributed by atoms with Crippen LogP contribution >= 0.6 is 0 Å². The molecule has 0 aromatic carbocycles. The van der Waals surface area contributed by atoms with E-state index < -0.39 is 8.32 Å². The van der Waals surface area contributed by atoms with E-state index in [2.05, 4.69) is 58.6 Å². The molecule has 0 aliphatic heterocycles. The van der Waals surface area contributed by atoms with Crippen molar-refractivity contribution < 1.29 is 9.22 Å². The lowest BCUT2D eigenvalue weighted by Gasteiger charge is -2.18. The second-order valence-corrected chi connectivity index (χ2v) is 12.4. The predicted octanol–water partition coefficient (Wildman–Crippen LogP) is 6.61. The van der Waals surface area contributed by atoms with Crippen LogP contribution < -0.4 is 0 Å². The van der Waals surface area contributed by atoms with E-state index in [0.29, 0.717) is 6.42 Å². The van der Waals surface area contributed by atoms with Gasteiger partial charge in [-0.15, -0.1) is 0 Å². The first-order chi connectivity index (χ1) is 11.1. The molecule has 0 aromatic heterocycles. The summed E-state index contributed by atoms with van der Waals surface area (Å²) < 4.78 is 6.06. The summed E-state index contributed by atoms with van der Waals surface area (Å²) in [5.74, 6) is 0.256. The molecule has 0 heterocycles. The normalized spacial score (nSPS) is 13.1. The zero-order valence-corrected chi connectivity index (χ0v) is 18.0. The number of Topliss-reactive ketones (excluding diaryl/α,β-unsaturated/α-hetero) is 1. The number of ketones is 1. The van der Waals surface area contributed by atoms with E-state index in [1.165, 1.54) is 16.7 Å². The van der Waals surface area contributed by atoms with Crippen molar-refractivity contribution in [3.05, 3.63) is 34.9 Å². The molecule has 0 aliphatic carbocycles. The van der Waals surface area contributed by atoms with Gasteiger partial charge in [0.2, 0.25) is 0 Å². The van der Waals surface area contributed by atoms with Crippen LogP contribution in [0.1, 0.15) is 66.2 Å². The average Bonchev–Trinajstić information content (AvgIpc) is 2.42. The summed E-state index contributed by atoms with van der Waals surface area (Å²) in [7, 11) is -1.50. The molecule has 0 aromatic rings. The van der Waals surface area contributed by atoms with Crippen molar-refractivity contribution in [2.24, 2.45) is 0 Å². The summed E-state index contributed by atoms with van der Waals surface area (Å²) in [6, 6.07) is 0. The van der Waals surface area contributed by atoms with Gasteiger partial charge in [-0.2, -0.15) is 0 Å². The molecule has 0 spiro atoms. The van der Waals surface area contributed by atoms with Gasteiger partial charge in [-0.3, -0.25) is 0 Å². The van der Waals surface area contributed by atoms with Crippen molar-refractivity contribution in [1.82, 2.24) is 0 Å². The largest absolute Gasteiger partial charge is 0.414 e. The number of hydrogen-bond donors (Lipinski definition) is 0. The van der Waals surface area contributed by atoms with E-state index >= 15 is 0 Å². The minimum Gasteiger partial charge on any atom is -0.414 e. The fraction of sp³-hybridized carbons (Fsp3) is 0.667. The molecule has 0 saturated carbocycles. The van der Waals surface area contributed by atoms with Gasteiger partial charge in [0.15, 0.2) is 8.32 Å². The number of allylic oxidation sites excluding steroid dienone is 5. The Labute approximate surface area is 151 Å². The monoisotopic (exact) mass is 350 g/mol. The predicted molar refractivity (Wildman–Crippen MR) is 109 cm³/mol. The summed E-state index contributed by atoms with van der Waals surface area (Å²) in [6.07, 6.45) is 12.7. The third-order valence-electron chi connectivity index (χ3n) is 3.67. The van der Waals surface area contributed by atoms with Crippen LogP contribution in [0, 0.1) is 0 Å². The summed E-state index contributed by atoms with van der Waals surface area (Å²) in [5.41, 5.74) is 4.19. The third kappa shape index (κ3) is 15.9. The highest BCUT2D eigenvalue weighted by atomic mass is 28.4. The molecule has 24 heavy (non-hydrogen) atoms. The topological polar surface area (TPSA) is 26.3 Å². The van der Waals surface area contributed by atoms with Crippen LogP contribution in [0.5, 0.6) is 0 Å². The lowest BCUT2D eigenvalue weighted by molar-refractivity contribution is -0.116. The number of carbonyl (C=O) groups is 1. The van der Waals surface area contributed by atoms with Crippen molar-refractivity contribution in [1.29, 1.82) is 0 Å². The first-order valence-electron chi connectivity index (χ1n) is 9.20. The van der Waals surface area contributed by atoms with Gasteiger partial charge in [0.1, 0.15) is 5.78 Å². The van der Waals surface area contributed by atoms with E-state index in [1.54, 1.807) is 6.92 Å². The minimum atomic E-state index is -1.50. The third-order valence-corrected chi connectivity index (χ3v) is 4.68. The first kappa shape index (κ1) is 23.1. The minimum absolute atomic E-state index is 0.256. The van der Waals surface area contributed by atoms with E-state index in [1.807, 2.05) is 0 Å². The fourth-order valence-electron chi connectivity index (χ4n) is 2.22. The van der Waals surface area contributed by atoms with Crippen molar-refractivity contribution in [3.63, 3.8) is 0 Å².